The first-order chi connectivity index (χ1) is 13.8. The van der Waals surface area contributed by atoms with E-state index in [0.29, 0.717) is 17.0 Å². The fourth-order valence-corrected chi connectivity index (χ4v) is 5.09. The average Bonchev–Trinajstić information content (AvgIpc) is 3.26. The van der Waals surface area contributed by atoms with Crippen molar-refractivity contribution < 1.29 is 9.53 Å². The zero-order valence-corrected chi connectivity index (χ0v) is 17.4. The number of hydrogen-bond acceptors (Lipinski definition) is 8. The molecule has 1 amide bonds. The number of nitrogens with zero attached hydrogens (tertiary/aromatic N) is 5. The lowest BCUT2D eigenvalue weighted by Gasteiger charge is -2.41. The van der Waals surface area contributed by atoms with Gasteiger partial charge in [-0.25, -0.2) is 15.0 Å². The lowest BCUT2D eigenvalue weighted by atomic mass is 9.99. The van der Waals surface area contributed by atoms with Gasteiger partial charge in [0.2, 0.25) is 5.91 Å². The molecule has 0 saturated carbocycles. The van der Waals surface area contributed by atoms with Gasteiger partial charge in [0, 0.05) is 56.2 Å². The molecule has 2 aromatic heterocycles. The molecular formula is C19H25N5O2S2. The van der Waals surface area contributed by atoms with Crippen LogP contribution in [0.3, 0.4) is 0 Å². The Hall–Kier alpha value is -1.71. The molecule has 0 radical (unpaired) electrons. The standard InChI is InChI=1S/C19H25N5O2S2/c25-17(14-28-18-20-6-1-7-21-18)24-9-2-15(3-10-24)23-11-4-16(5-12-23)26-19-22-8-13-27-19/h1,6-8,13,15-16H,2-5,9-12,14H2. The van der Waals surface area contributed by atoms with Gasteiger partial charge in [-0.2, -0.15) is 0 Å². The SMILES string of the molecule is O=C(CSc1ncccn1)N1CCC(N2CCC(Oc3nccs3)CC2)CC1. The van der Waals surface area contributed by atoms with E-state index >= 15 is 0 Å². The van der Waals surface area contributed by atoms with Crippen LogP contribution in [0.1, 0.15) is 25.7 Å². The molecule has 0 atom stereocenters. The van der Waals surface area contributed by atoms with Gasteiger partial charge in [-0.3, -0.25) is 9.69 Å². The van der Waals surface area contributed by atoms with Gasteiger partial charge in [-0.05, 0) is 31.7 Å². The van der Waals surface area contributed by atoms with E-state index in [2.05, 4.69) is 19.9 Å². The van der Waals surface area contributed by atoms with E-state index in [0.717, 1.165) is 57.1 Å². The molecule has 2 aliphatic heterocycles. The van der Waals surface area contributed by atoms with Crippen molar-refractivity contribution in [3.63, 3.8) is 0 Å². The zero-order chi connectivity index (χ0) is 19.2. The first-order valence-corrected chi connectivity index (χ1v) is 11.6. The van der Waals surface area contributed by atoms with E-state index in [-0.39, 0.29) is 12.0 Å². The van der Waals surface area contributed by atoms with Gasteiger partial charge in [0.25, 0.3) is 5.19 Å². The predicted molar refractivity (Wildman–Crippen MR) is 110 cm³/mol. The number of aromatic nitrogens is 3. The molecule has 0 unspecified atom stereocenters. The van der Waals surface area contributed by atoms with E-state index in [1.807, 2.05) is 10.3 Å². The summed E-state index contributed by atoms with van der Waals surface area (Å²) in [7, 11) is 0. The first-order valence-electron chi connectivity index (χ1n) is 9.76. The van der Waals surface area contributed by atoms with Crippen LogP contribution in [0.25, 0.3) is 0 Å². The van der Waals surface area contributed by atoms with Crippen LogP contribution in [0.4, 0.5) is 0 Å². The number of piperidine rings is 2. The summed E-state index contributed by atoms with van der Waals surface area (Å²) in [5.41, 5.74) is 0. The Morgan fingerprint density at radius 2 is 1.82 bits per heavy atom. The first kappa shape index (κ1) is 19.6. The average molecular weight is 420 g/mol. The number of likely N-dealkylation sites (tertiary alicyclic amines) is 2. The van der Waals surface area contributed by atoms with E-state index in [4.69, 9.17) is 4.74 Å². The zero-order valence-electron chi connectivity index (χ0n) is 15.8. The molecule has 0 aliphatic carbocycles. The predicted octanol–water partition coefficient (Wildman–Crippen LogP) is 2.56. The van der Waals surface area contributed by atoms with Crippen LogP contribution in [-0.4, -0.2) is 74.7 Å². The van der Waals surface area contributed by atoms with Crippen molar-refractivity contribution in [2.75, 3.05) is 31.9 Å². The number of thiazole rings is 1. The molecule has 2 aromatic rings. The van der Waals surface area contributed by atoms with Crippen LogP contribution in [0.2, 0.25) is 0 Å². The molecule has 7 nitrogen and oxygen atoms in total. The molecule has 9 heteroatoms. The third kappa shape index (κ3) is 5.21. The molecule has 28 heavy (non-hydrogen) atoms. The molecule has 4 heterocycles. The molecule has 0 N–H and O–H groups in total. The van der Waals surface area contributed by atoms with Gasteiger partial charge in [-0.15, -0.1) is 0 Å². The van der Waals surface area contributed by atoms with Gasteiger partial charge in [0.15, 0.2) is 5.16 Å². The normalized spacial score (nSPS) is 19.6. The summed E-state index contributed by atoms with van der Waals surface area (Å²) in [6.45, 7) is 3.82. The highest BCUT2D eigenvalue weighted by Crippen LogP contribution is 2.25. The molecule has 2 saturated heterocycles. The van der Waals surface area contributed by atoms with E-state index < -0.39 is 0 Å². The summed E-state index contributed by atoms with van der Waals surface area (Å²) in [4.78, 5) is 29.6. The van der Waals surface area contributed by atoms with Gasteiger partial charge in [0.05, 0.1) is 5.75 Å². The van der Waals surface area contributed by atoms with E-state index in [1.165, 1.54) is 11.8 Å². The van der Waals surface area contributed by atoms with Crippen molar-refractivity contribution in [3.8, 4) is 5.19 Å². The molecule has 2 fully saturated rings. The number of carbonyl (C=O) groups excluding carboxylic acids is 1. The van der Waals surface area contributed by atoms with E-state index in [1.54, 1.807) is 36.0 Å². The van der Waals surface area contributed by atoms with Gasteiger partial charge in [0.1, 0.15) is 6.10 Å². The van der Waals surface area contributed by atoms with Crippen molar-refractivity contribution in [1.82, 2.24) is 24.8 Å². The maximum absolute atomic E-state index is 12.5. The molecule has 0 spiro atoms. The van der Waals surface area contributed by atoms with Crippen molar-refractivity contribution >= 4 is 29.0 Å². The second kappa shape index (κ2) is 9.67. The number of amides is 1. The minimum Gasteiger partial charge on any atom is -0.467 e. The topological polar surface area (TPSA) is 71.5 Å². The van der Waals surface area contributed by atoms with E-state index in [9.17, 15) is 4.79 Å². The molecule has 2 aliphatic rings. The summed E-state index contributed by atoms with van der Waals surface area (Å²) in [6, 6.07) is 2.36. The van der Waals surface area contributed by atoms with Crippen LogP contribution in [0, 0.1) is 0 Å². The quantitative estimate of drug-likeness (QED) is 0.526. The summed E-state index contributed by atoms with van der Waals surface area (Å²) < 4.78 is 5.96. The Bertz CT molecular complexity index is 730. The lowest BCUT2D eigenvalue weighted by molar-refractivity contribution is -0.130. The van der Waals surface area contributed by atoms with Crippen LogP contribution in [0.15, 0.2) is 35.2 Å². The largest absolute Gasteiger partial charge is 0.467 e. The summed E-state index contributed by atoms with van der Waals surface area (Å²) in [5.74, 6) is 0.597. The lowest BCUT2D eigenvalue weighted by Crippen LogP contribution is -2.50. The van der Waals surface area contributed by atoms with Gasteiger partial charge >= 0.3 is 0 Å². The molecular weight excluding hydrogens is 394 g/mol. The minimum absolute atomic E-state index is 0.187. The number of rotatable bonds is 6. The van der Waals surface area contributed by atoms with Gasteiger partial charge in [-0.1, -0.05) is 23.1 Å². The second-order valence-corrected chi connectivity index (χ2v) is 8.88. The Kier molecular flexibility index (Phi) is 6.77. The number of carbonyl (C=O) groups is 1. The van der Waals surface area contributed by atoms with Crippen molar-refractivity contribution in [3.05, 3.63) is 30.0 Å². The van der Waals surface area contributed by atoms with Crippen LogP contribution in [-0.2, 0) is 4.79 Å². The maximum Gasteiger partial charge on any atom is 0.273 e. The summed E-state index contributed by atoms with van der Waals surface area (Å²) >= 11 is 2.97. The molecule has 4 rings (SSSR count). The Morgan fingerprint density at radius 1 is 1.07 bits per heavy atom. The number of thioether (sulfide) groups is 1. The second-order valence-electron chi connectivity index (χ2n) is 7.08. The van der Waals surface area contributed by atoms with Crippen LogP contribution in [0.5, 0.6) is 5.19 Å². The smallest absolute Gasteiger partial charge is 0.273 e. The van der Waals surface area contributed by atoms with Crippen LogP contribution >= 0.6 is 23.1 Å². The highest BCUT2D eigenvalue weighted by Gasteiger charge is 2.30. The highest BCUT2D eigenvalue weighted by molar-refractivity contribution is 7.99. The van der Waals surface area contributed by atoms with Crippen molar-refractivity contribution in [2.24, 2.45) is 0 Å². The molecule has 0 aromatic carbocycles. The monoisotopic (exact) mass is 419 g/mol. The third-order valence-corrected chi connectivity index (χ3v) is 6.88. The Balaban J connectivity index is 1.17. The van der Waals surface area contributed by atoms with Crippen LogP contribution < -0.4 is 4.74 Å². The number of ether oxygens (including phenoxy) is 1. The van der Waals surface area contributed by atoms with Gasteiger partial charge < -0.3 is 9.64 Å². The summed E-state index contributed by atoms with van der Waals surface area (Å²) in [6.07, 6.45) is 9.68. The summed E-state index contributed by atoms with van der Waals surface area (Å²) in [5, 5.41) is 3.39. The third-order valence-electron chi connectivity index (χ3n) is 5.35. The fourth-order valence-electron chi connectivity index (χ4n) is 3.83. The highest BCUT2D eigenvalue weighted by atomic mass is 32.2. The Labute approximate surface area is 173 Å². The van der Waals surface area contributed by atoms with Crippen molar-refractivity contribution in [1.29, 1.82) is 0 Å². The number of hydrogen-bond donors (Lipinski definition) is 0. The molecule has 0 bridgehead atoms. The van der Waals surface area contributed by atoms with Crippen molar-refractivity contribution in [2.45, 2.75) is 43.0 Å². The Morgan fingerprint density at radius 3 is 2.50 bits per heavy atom. The maximum atomic E-state index is 12.5. The molecule has 150 valence electrons. The fraction of sp³-hybridized carbons (Fsp3) is 0.579. The minimum atomic E-state index is 0.187.